The maximum atomic E-state index is 12.8. The monoisotopic (exact) mass is 350 g/mol. The molecule has 2 aromatic heterocycles. The van der Waals surface area contributed by atoms with Gasteiger partial charge in [-0.2, -0.15) is 9.40 Å². The highest BCUT2D eigenvalue weighted by atomic mass is 32.2. The Balaban J connectivity index is 1.89. The largest absolute Gasteiger partial charge is 0.477 e. The third-order valence-corrected chi connectivity index (χ3v) is 6.00. The Morgan fingerprint density at radius 2 is 2.04 bits per heavy atom. The fourth-order valence-corrected chi connectivity index (χ4v) is 4.35. The average molecular weight is 350 g/mol. The molecule has 9 nitrogen and oxygen atoms in total. The minimum absolute atomic E-state index is 0.0721. The number of benzene rings is 1. The standard InChI is InChI=1S/C14H14N4O5S/c19-14(20)12-11-9-7-8(1-2-10(9)15-13(11)17-16-12)24(21,22)18-3-5-23-6-4-18/h1-2,7H,3-6H2,(H,19,20)(H2,15,16,17). The van der Waals surface area contributed by atoms with Crippen LogP contribution in [0.1, 0.15) is 10.5 Å². The van der Waals surface area contributed by atoms with Crippen LogP contribution in [0.4, 0.5) is 0 Å². The van der Waals surface area contributed by atoms with Crippen LogP contribution >= 0.6 is 0 Å². The summed E-state index contributed by atoms with van der Waals surface area (Å²) in [5.74, 6) is -1.15. The summed E-state index contributed by atoms with van der Waals surface area (Å²) in [6.07, 6.45) is 0. The maximum Gasteiger partial charge on any atom is 0.354 e. The summed E-state index contributed by atoms with van der Waals surface area (Å²) in [7, 11) is -3.65. The van der Waals surface area contributed by atoms with E-state index in [-0.39, 0.29) is 10.6 Å². The molecule has 1 fully saturated rings. The number of carboxylic acids is 1. The molecule has 1 aliphatic rings. The number of ether oxygens (including phenoxy) is 1. The number of nitrogens with zero attached hydrogens (tertiary/aromatic N) is 2. The van der Waals surface area contributed by atoms with E-state index in [4.69, 9.17) is 4.74 Å². The number of carboxylic acid groups (broad SMARTS) is 1. The zero-order valence-electron chi connectivity index (χ0n) is 12.4. The highest BCUT2D eigenvalue weighted by Gasteiger charge is 2.27. The van der Waals surface area contributed by atoms with Gasteiger partial charge in [-0.05, 0) is 18.2 Å². The molecule has 0 unspecified atom stereocenters. The van der Waals surface area contributed by atoms with Crippen LogP contribution in [-0.4, -0.2) is 65.3 Å². The third kappa shape index (κ3) is 2.19. The van der Waals surface area contributed by atoms with Crippen molar-refractivity contribution in [2.45, 2.75) is 4.90 Å². The van der Waals surface area contributed by atoms with Crippen molar-refractivity contribution in [3.63, 3.8) is 0 Å². The number of hydrogen-bond donors (Lipinski definition) is 3. The summed E-state index contributed by atoms with van der Waals surface area (Å²) in [5.41, 5.74) is 0.936. The molecule has 0 saturated carbocycles. The predicted octanol–water partition coefficient (Wildman–Crippen LogP) is 0.763. The third-order valence-electron chi connectivity index (χ3n) is 4.10. The van der Waals surface area contributed by atoms with Gasteiger partial charge in [0.1, 0.15) is 0 Å². The number of carbonyl (C=O) groups is 1. The lowest BCUT2D eigenvalue weighted by Gasteiger charge is -2.26. The zero-order valence-corrected chi connectivity index (χ0v) is 13.3. The zero-order chi connectivity index (χ0) is 16.9. The molecule has 1 aliphatic heterocycles. The average Bonchev–Trinajstić information content (AvgIpc) is 3.14. The molecule has 1 aromatic carbocycles. The van der Waals surface area contributed by atoms with E-state index in [1.807, 2.05) is 0 Å². The molecule has 3 aromatic rings. The lowest BCUT2D eigenvalue weighted by Crippen LogP contribution is -2.40. The Bertz CT molecular complexity index is 1050. The van der Waals surface area contributed by atoms with Crippen LogP contribution in [0.15, 0.2) is 23.1 Å². The topological polar surface area (TPSA) is 128 Å². The van der Waals surface area contributed by atoms with Gasteiger partial charge in [0, 0.05) is 24.0 Å². The first-order valence-corrected chi connectivity index (χ1v) is 8.73. The van der Waals surface area contributed by atoms with E-state index in [9.17, 15) is 18.3 Å². The van der Waals surface area contributed by atoms with Gasteiger partial charge in [-0.3, -0.25) is 5.10 Å². The summed E-state index contributed by atoms with van der Waals surface area (Å²) in [6, 6.07) is 4.61. The predicted molar refractivity (Wildman–Crippen MR) is 84.5 cm³/mol. The number of H-pyrrole nitrogens is 2. The van der Waals surface area contributed by atoms with Gasteiger partial charge in [-0.25, -0.2) is 13.2 Å². The van der Waals surface area contributed by atoms with Crippen LogP contribution in [0.25, 0.3) is 21.9 Å². The molecule has 0 radical (unpaired) electrons. The van der Waals surface area contributed by atoms with E-state index in [2.05, 4.69) is 15.2 Å². The molecule has 0 aliphatic carbocycles. The summed E-state index contributed by atoms with van der Waals surface area (Å²) < 4.78 is 32.1. The van der Waals surface area contributed by atoms with Crippen molar-refractivity contribution in [3.05, 3.63) is 23.9 Å². The fourth-order valence-electron chi connectivity index (χ4n) is 2.91. The summed E-state index contributed by atoms with van der Waals surface area (Å²) in [6.45, 7) is 1.32. The van der Waals surface area contributed by atoms with Crippen LogP contribution < -0.4 is 0 Å². The summed E-state index contributed by atoms with van der Waals surface area (Å²) in [5, 5.41) is 16.5. The van der Waals surface area contributed by atoms with Crippen LogP contribution in [0, 0.1) is 0 Å². The first-order valence-electron chi connectivity index (χ1n) is 7.29. The Labute approximate surface area is 136 Å². The molecule has 126 valence electrons. The first kappa shape index (κ1) is 15.1. The van der Waals surface area contributed by atoms with Crippen molar-refractivity contribution in [2.24, 2.45) is 0 Å². The lowest BCUT2D eigenvalue weighted by atomic mass is 10.2. The minimum atomic E-state index is -3.65. The highest BCUT2D eigenvalue weighted by Crippen LogP contribution is 2.30. The SMILES string of the molecule is O=C(O)c1[nH]nc2[nH]c3ccc(S(=O)(=O)N4CCOCC4)cc3c12. The van der Waals surface area contributed by atoms with Gasteiger partial charge in [0.05, 0.1) is 23.5 Å². The number of morpholine rings is 1. The van der Waals surface area contributed by atoms with Gasteiger partial charge in [0.2, 0.25) is 10.0 Å². The Kier molecular flexibility index (Phi) is 3.34. The molecule has 24 heavy (non-hydrogen) atoms. The van der Waals surface area contributed by atoms with Crippen molar-refractivity contribution in [2.75, 3.05) is 26.3 Å². The number of sulfonamides is 1. The molecule has 4 rings (SSSR count). The van der Waals surface area contributed by atoms with Crippen molar-refractivity contribution in [1.29, 1.82) is 0 Å². The highest BCUT2D eigenvalue weighted by molar-refractivity contribution is 7.89. The molecule has 10 heteroatoms. The second kappa shape index (κ2) is 5.30. The van der Waals surface area contributed by atoms with E-state index in [1.54, 1.807) is 6.07 Å². The molecular weight excluding hydrogens is 336 g/mol. The van der Waals surface area contributed by atoms with E-state index < -0.39 is 16.0 Å². The van der Waals surface area contributed by atoms with E-state index in [0.29, 0.717) is 48.2 Å². The second-order valence-electron chi connectivity index (χ2n) is 5.48. The summed E-state index contributed by atoms with van der Waals surface area (Å²) in [4.78, 5) is 14.4. The molecule has 3 heterocycles. The van der Waals surface area contributed by atoms with Crippen molar-refractivity contribution < 1.29 is 23.1 Å². The molecule has 0 bridgehead atoms. The van der Waals surface area contributed by atoms with Gasteiger partial charge in [0.25, 0.3) is 0 Å². The second-order valence-corrected chi connectivity index (χ2v) is 7.41. The number of aromatic nitrogens is 3. The Morgan fingerprint density at radius 1 is 1.29 bits per heavy atom. The van der Waals surface area contributed by atoms with E-state index in [0.717, 1.165) is 0 Å². The van der Waals surface area contributed by atoms with E-state index in [1.165, 1.54) is 16.4 Å². The summed E-state index contributed by atoms with van der Waals surface area (Å²) >= 11 is 0. The molecule has 0 atom stereocenters. The maximum absolute atomic E-state index is 12.8. The number of aromatic amines is 2. The van der Waals surface area contributed by atoms with Crippen LogP contribution in [-0.2, 0) is 14.8 Å². The lowest BCUT2D eigenvalue weighted by molar-refractivity contribution is 0.0692. The minimum Gasteiger partial charge on any atom is -0.477 e. The van der Waals surface area contributed by atoms with Crippen molar-refractivity contribution >= 4 is 37.9 Å². The quantitative estimate of drug-likeness (QED) is 0.640. The molecule has 0 amide bonds. The first-order chi connectivity index (χ1) is 11.5. The van der Waals surface area contributed by atoms with E-state index >= 15 is 0 Å². The Morgan fingerprint density at radius 3 is 2.75 bits per heavy atom. The van der Waals surface area contributed by atoms with Crippen molar-refractivity contribution in [3.8, 4) is 0 Å². The van der Waals surface area contributed by atoms with Crippen LogP contribution in [0.3, 0.4) is 0 Å². The number of aromatic carboxylic acids is 1. The normalized spacial score (nSPS) is 16.8. The van der Waals surface area contributed by atoms with Gasteiger partial charge < -0.3 is 14.8 Å². The van der Waals surface area contributed by atoms with Gasteiger partial charge >= 0.3 is 5.97 Å². The van der Waals surface area contributed by atoms with Crippen LogP contribution in [0.2, 0.25) is 0 Å². The number of fused-ring (bicyclic) bond motifs is 3. The molecular formula is C14H14N4O5S. The molecule has 3 N–H and O–H groups in total. The van der Waals surface area contributed by atoms with Crippen molar-refractivity contribution in [1.82, 2.24) is 19.5 Å². The molecule has 0 spiro atoms. The van der Waals surface area contributed by atoms with Gasteiger partial charge in [-0.1, -0.05) is 0 Å². The Hall–Kier alpha value is -2.43. The number of rotatable bonds is 3. The smallest absolute Gasteiger partial charge is 0.354 e. The van der Waals surface area contributed by atoms with Gasteiger partial charge in [0.15, 0.2) is 11.3 Å². The van der Waals surface area contributed by atoms with Gasteiger partial charge in [-0.15, -0.1) is 0 Å². The fraction of sp³-hybridized carbons (Fsp3) is 0.286. The van der Waals surface area contributed by atoms with Crippen LogP contribution in [0.5, 0.6) is 0 Å². The number of nitrogens with one attached hydrogen (secondary N) is 2. The number of hydrogen-bond acceptors (Lipinski definition) is 5. The molecule has 1 saturated heterocycles.